The molecule has 0 aliphatic heterocycles. The number of azo groups is 1. The molecule has 0 saturated heterocycles. The Morgan fingerprint density at radius 2 is 1.36 bits per heavy atom. The van der Waals surface area contributed by atoms with Gasteiger partial charge in [-0.25, -0.2) is 0 Å². The molecular weight excluding hydrogens is 322 g/mol. The maximum atomic E-state index is 10.9. The summed E-state index contributed by atoms with van der Waals surface area (Å²) in [5.74, 6) is -1.88. The molecule has 2 N–H and O–H groups in total. The van der Waals surface area contributed by atoms with Gasteiger partial charge in [0, 0.05) is 13.1 Å². The van der Waals surface area contributed by atoms with E-state index in [0.717, 1.165) is 0 Å². The molecule has 7 heteroatoms. The van der Waals surface area contributed by atoms with Gasteiger partial charge in [0.2, 0.25) is 0 Å². The number of hydrogen-bond donors (Lipinski definition) is 2. The number of benzene rings is 2. The zero-order valence-corrected chi connectivity index (χ0v) is 13.6. The number of para-hydroxylation sites is 1. The molecule has 0 heterocycles. The standard InChI is InChI=1S/C18H19N3O4/c22-17(23)10-12-21(13-11-18(24)25)16-9-5-4-8-15(16)20-19-14-6-2-1-3-7-14/h1-9H,10-13H2,(H,22,23)(H,24,25). The van der Waals surface area contributed by atoms with Crippen LogP contribution >= 0.6 is 0 Å². The lowest BCUT2D eigenvalue weighted by Gasteiger charge is -2.24. The van der Waals surface area contributed by atoms with Crippen molar-refractivity contribution < 1.29 is 19.8 Å². The maximum absolute atomic E-state index is 10.9. The highest BCUT2D eigenvalue weighted by atomic mass is 16.4. The van der Waals surface area contributed by atoms with Crippen LogP contribution in [0.1, 0.15) is 12.8 Å². The van der Waals surface area contributed by atoms with Crippen LogP contribution in [0, 0.1) is 0 Å². The van der Waals surface area contributed by atoms with E-state index in [0.29, 0.717) is 17.1 Å². The average Bonchev–Trinajstić information content (AvgIpc) is 2.61. The van der Waals surface area contributed by atoms with E-state index >= 15 is 0 Å². The molecule has 25 heavy (non-hydrogen) atoms. The fourth-order valence-electron chi connectivity index (χ4n) is 2.24. The van der Waals surface area contributed by atoms with Crippen molar-refractivity contribution >= 4 is 29.0 Å². The van der Waals surface area contributed by atoms with Crippen molar-refractivity contribution in [3.63, 3.8) is 0 Å². The number of anilines is 1. The molecule has 0 radical (unpaired) electrons. The molecule has 0 unspecified atom stereocenters. The van der Waals surface area contributed by atoms with Crippen LogP contribution in [0.5, 0.6) is 0 Å². The molecule has 2 aromatic rings. The first kappa shape index (κ1) is 18.1. The lowest BCUT2D eigenvalue weighted by Crippen LogP contribution is -2.28. The average molecular weight is 341 g/mol. The summed E-state index contributed by atoms with van der Waals surface area (Å²) in [7, 11) is 0. The van der Waals surface area contributed by atoms with Gasteiger partial charge in [-0.2, -0.15) is 5.11 Å². The second-order valence-electron chi connectivity index (χ2n) is 5.30. The number of carbonyl (C=O) groups is 2. The Morgan fingerprint density at radius 3 is 1.96 bits per heavy atom. The molecule has 0 aromatic heterocycles. The third kappa shape index (κ3) is 6.06. The molecule has 0 bridgehead atoms. The summed E-state index contributed by atoms with van der Waals surface area (Å²) in [6, 6.07) is 16.4. The first-order chi connectivity index (χ1) is 12.1. The van der Waals surface area contributed by atoms with E-state index in [2.05, 4.69) is 10.2 Å². The van der Waals surface area contributed by atoms with Gasteiger partial charge in [0.15, 0.2) is 0 Å². The molecule has 7 nitrogen and oxygen atoms in total. The van der Waals surface area contributed by atoms with E-state index < -0.39 is 11.9 Å². The highest BCUT2D eigenvalue weighted by Gasteiger charge is 2.14. The van der Waals surface area contributed by atoms with Gasteiger partial charge in [-0.05, 0) is 24.3 Å². The fraction of sp³-hybridized carbons (Fsp3) is 0.222. The van der Waals surface area contributed by atoms with Crippen LogP contribution in [0.3, 0.4) is 0 Å². The zero-order chi connectivity index (χ0) is 18.1. The highest BCUT2D eigenvalue weighted by Crippen LogP contribution is 2.30. The van der Waals surface area contributed by atoms with E-state index in [9.17, 15) is 9.59 Å². The second-order valence-corrected chi connectivity index (χ2v) is 5.30. The Hall–Kier alpha value is -3.22. The molecule has 130 valence electrons. The molecule has 2 rings (SSSR count). The molecule has 0 fully saturated rings. The van der Waals surface area contributed by atoms with Crippen molar-refractivity contribution in [3.05, 3.63) is 54.6 Å². The summed E-state index contributed by atoms with van der Waals surface area (Å²) < 4.78 is 0. The number of hydrogen-bond acceptors (Lipinski definition) is 5. The fourth-order valence-corrected chi connectivity index (χ4v) is 2.24. The molecule has 0 amide bonds. The van der Waals surface area contributed by atoms with Crippen molar-refractivity contribution in [2.45, 2.75) is 12.8 Å². The van der Waals surface area contributed by atoms with E-state index in [1.54, 1.807) is 29.2 Å². The van der Waals surface area contributed by atoms with Gasteiger partial charge in [-0.15, -0.1) is 5.11 Å². The lowest BCUT2D eigenvalue weighted by molar-refractivity contribution is -0.137. The molecular formula is C18H19N3O4. The van der Waals surface area contributed by atoms with Crippen LogP contribution in [0.15, 0.2) is 64.8 Å². The van der Waals surface area contributed by atoms with Crippen LogP contribution in [-0.2, 0) is 9.59 Å². The summed E-state index contributed by atoms with van der Waals surface area (Å²) in [4.78, 5) is 23.5. The minimum absolute atomic E-state index is 0.0935. The topological polar surface area (TPSA) is 103 Å². The number of rotatable bonds is 9. The number of aliphatic carboxylic acids is 2. The van der Waals surface area contributed by atoms with Crippen molar-refractivity contribution in [3.8, 4) is 0 Å². The van der Waals surface area contributed by atoms with Gasteiger partial charge in [0.05, 0.1) is 24.2 Å². The molecule has 0 aliphatic carbocycles. The van der Waals surface area contributed by atoms with Crippen LogP contribution in [0.25, 0.3) is 0 Å². The lowest BCUT2D eigenvalue weighted by atomic mass is 10.2. The Balaban J connectivity index is 2.25. The highest BCUT2D eigenvalue weighted by molar-refractivity contribution is 5.72. The minimum atomic E-state index is -0.941. The van der Waals surface area contributed by atoms with Crippen molar-refractivity contribution in [1.82, 2.24) is 0 Å². The van der Waals surface area contributed by atoms with E-state index in [-0.39, 0.29) is 25.9 Å². The minimum Gasteiger partial charge on any atom is -0.481 e. The van der Waals surface area contributed by atoms with Gasteiger partial charge in [-0.3, -0.25) is 9.59 Å². The van der Waals surface area contributed by atoms with Crippen molar-refractivity contribution in [2.24, 2.45) is 10.2 Å². The maximum Gasteiger partial charge on any atom is 0.305 e. The van der Waals surface area contributed by atoms with Crippen LogP contribution in [0.4, 0.5) is 17.1 Å². The third-order valence-corrected chi connectivity index (χ3v) is 3.44. The summed E-state index contributed by atoms with van der Waals surface area (Å²) in [6.45, 7) is 0.390. The molecule has 0 aliphatic rings. The third-order valence-electron chi connectivity index (χ3n) is 3.44. The molecule has 0 saturated carbocycles. The van der Waals surface area contributed by atoms with Gasteiger partial charge >= 0.3 is 11.9 Å². The largest absolute Gasteiger partial charge is 0.481 e. The Bertz CT molecular complexity index is 729. The van der Waals surface area contributed by atoms with E-state index in [1.165, 1.54) is 0 Å². The van der Waals surface area contributed by atoms with Crippen molar-refractivity contribution in [2.75, 3.05) is 18.0 Å². The first-order valence-electron chi connectivity index (χ1n) is 7.80. The van der Waals surface area contributed by atoms with E-state index in [1.807, 2.05) is 30.3 Å². The van der Waals surface area contributed by atoms with E-state index in [4.69, 9.17) is 10.2 Å². The SMILES string of the molecule is O=C(O)CCN(CCC(=O)O)c1ccccc1N=Nc1ccccc1. The predicted octanol–water partition coefficient (Wildman–Crippen LogP) is 3.86. The quantitative estimate of drug-likeness (QED) is 0.674. The summed E-state index contributed by atoms with van der Waals surface area (Å²) in [6.07, 6.45) is -0.187. The van der Waals surface area contributed by atoms with Gasteiger partial charge in [-0.1, -0.05) is 30.3 Å². The zero-order valence-electron chi connectivity index (χ0n) is 13.6. The molecule has 2 aromatic carbocycles. The van der Waals surface area contributed by atoms with Crippen LogP contribution < -0.4 is 4.90 Å². The second kappa shape index (κ2) is 9.17. The first-order valence-corrected chi connectivity index (χ1v) is 7.80. The summed E-state index contributed by atoms with van der Waals surface area (Å²) in [5.41, 5.74) is 1.91. The van der Waals surface area contributed by atoms with Gasteiger partial charge < -0.3 is 15.1 Å². The molecule has 0 atom stereocenters. The summed E-state index contributed by atoms with van der Waals surface area (Å²) >= 11 is 0. The van der Waals surface area contributed by atoms with Crippen molar-refractivity contribution in [1.29, 1.82) is 0 Å². The smallest absolute Gasteiger partial charge is 0.305 e. The molecule has 0 spiro atoms. The number of carboxylic acid groups (broad SMARTS) is 2. The van der Waals surface area contributed by atoms with Crippen LogP contribution in [-0.4, -0.2) is 35.2 Å². The Morgan fingerprint density at radius 1 is 0.800 bits per heavy atom. The summed E-state index contributed by atoms with van der Waals surface area (Å²) in [5, 5.41) is 26.3. The van der Waals surface area contributed by atoms with Crippen LogP contribution in [0.2, 0.25) is 0 Å². The van der Waals surface area contributed by atoms with Gasteiger partial charge in [0.1, 0.15) is 5.69 Å². The van der Waals surface area contributed by atoms with Gasteiger partial charge in [0.25, 0.3) is 0 Å². The predicted molar refractivity (Wildman–Crippen MR) is 93.8 cm³/mol. The number of nitrogens with zero attached hydrogens (tertiary/aromatic N) is 3. The monoisotopic (exact) mass is 341 g/mol. The Kier molecular flexibility index (Phi) is 6.65. The normalized spacial score (nSPS) is 10.7. The Labute approximate surface area is 145 Å². The number of carboxylic acids is 2.